The third-order valence-electron chi connectivity index (χ3n) is 13.1. The van der Waals surface area contributed by atoms with Crippen molar-refractivity contribution in [2.45, 2.75) is 5.41 Å². The van der Waals surface area contributed by atoms with Gasteiger partial charge in [0.05, 0.1) is 22.7 Å². The second-order valence-corrected chi connectivity index (χ2v) is 17.5. The first-order valence-electron chi connectivity index (χ1n) is 24.1. The molecule has 10 aromatic carbocycles. The molecule has 13 rings (SSSR count). The smallest absolute Gasteiger partial charge is 0.0727 e. The van der Waals surface area contributed by atoms with Crippen molar-refractivity contribution in [2.75, 3.05) is 9.80 Å². The average Bonchev–Trinajstić information content (AvgIpc) is 4.03. The number of para-hydroxylation sites is 2. The highest BCUT2D eigenvalue weighted by molar-refractivity contribution is 7.26. The molecular weight excluding hydrogens is 793 g/mol. The van der Waals surface area contributed by atoms with Crippen molar-refractivity contribution in [2.24, 2.45) is 0 Å². The first-order valence-corrected chi connectivity index (χ1v) is 22.4. The van der Waals surface area contributed by atoms with Crippen LogP contribution in [0.2, 0.25) is 0 Å². The molecule has 64 heavy (non-hydrogen) atoms. The highest BCUT2D eigenvalue weighted by Crippen LogP contribution is 2.64. The number of nitrogens with zero attached hydrogens (tertiary/aromatic N) is 2. The van der Waals surface area contributed by atoms with Crippen molar-refractivity contribution < 1.29 is 6.85 Å². The first kappa shape index (κ1) is 31.8. The van der Waals surface area contributed by atoms with Gasteiger partial charge in [-0.25, -0.2) is 0 Å². The van der Waals surface area contributed by atoms with E-state index in [0.717, 1.165) is 38.8 Å². The average molecular weight is 838 g/mol. The van der Waals surface area contributed by atoms with Crippen molar-refractivity contribution in [3.05, 3.63) is 265 Å². The minimum Gasteiger partial charge on any atom is -0.310 e. The zero-order valence-electron chi connectivity index (χ0n) is 39.5. The Kier molecular flexibility index (Phi) is 7.23. The zero-order chi connectivity index (χ0) is 46.5. The van der Waals surface area contributed by atoms with Gasteiger partial charge in [-0.1, -0.05) is 170 Å². The van der Waals surface area contributed by atoms with Crippen LogP contribution in [0.25, 0.3) is 53.6 Å². The van der Waals surface area contributed by atoms with E-state index in [1.165, 1.54) is 60.0 Å². The van der Waals surface area contributed by atoms with E-state index >= 15 is 0 Å². The molecule has 3 heteroatoms. The van der Waals surface area contributed by atoms with E-state index in [1.807, 2.05) is 24.3 Å². The van der Waals surface area contributed by atoms with Crippen LogP contribution in [0.15, 0.2) is 243 Å². The van der Waals surface area contributed by atoms with Gasteiger partial charge in [0, 0.05) is 43.9 Å². The molecule has 0 aliphatic heterocycles. The maximum atomic E-state index is 8.77. The summed E-state index contributed by atoms with van der Waals surface area (Å²) >= 11 is 1.78. The van der Waals surface area contributed by atoms with Gasteiger partial charge >= 0.3 is 0 Å². The van der Waals surface area contributed by atoms with Crippen LogP contribution in [0.5, 0.6) is 0 Å². The second-order valence-electron chi connectivity index (χ2n) is 16.4. The molecule has 1 aromatic heterocycles. The standard InChI is InChI=1S/C61H40N2S/c1-4-17-41(18-5-1)42-31-33-45(34-32-42)63(58-29-16-26-53-52-25-12-15-30-59(52)64-60(53)58)47-36-38-51-49-24-11-14-28-55(49)61(57(51)40-47)54-27-13-10-23-48(54)50-37-35-46(39-56(50)61)62(43-19-6-2-7-20-43)44-21-8-3-9-22-44/h1-40H/i1D,4D,5D,17D,18D. The summed E-state index contributed by atoms with van der Waals surface area (Å²) in [5, 5.41) is 2.38. The Labute approximate surface area is 384 Å². The number of thiophene rings is 1. The van der Waals surface area contributed by atoms with Crippen LogP contribution in [-0.4, -0.2) is 0 Å². The van der Waals surface area contributed by atoms with Crippen LogP contribution >= 0.6 is 11.3 Å². The maximum absolute atomic E-state index is 8.77. The van der Waals surface area contributed by atoms with E-state index in [9.17, 15) is 0 Å². The molecule has 0 saturated carbocycles. The van der Waals surface area contributed by atoms with Gasteiger partial charge in [-0.2, -0.15) is 0 Å². The minimum atomic E-state index is -0.664. The molecule has 1 unspecified atom stereocenters. The Balaban J connectivity index is 1.06. The molecule has 0 amide bonds. The number of anilines is 6. The van der Waals surface area contributed by atoms with Gasteiger partial charge in [0.2, 0.25) is 0 Å². The molecule has 0 fully saturated rings. The van der Waals surface area contributed by atoms with Gasteiger partial charge < -0.3 is 9.80 Å². The Bertz CT molecular complexity index is 3790. The summed E-state index contributed by atoms with van der Waals surface area (Å²) in [6.07, 6.45) is 0. The third kappa shape index (κ3) is 5.44. The Morgan fingerprint density at radius 1 is 0.359 bits per heavy atom. The molecule has 11 aromatic rings. The SMILES string of the molecule is [2H]c1c([2H])c([2H])c(-c2ccc(N(c3ccc4c(c3)C3(c5ccccc5-c5ccc(N(c6ccccc6)c6ccccc6)cc53)c3ccccc3-4)c3cccc4c3sc3ccccc34)cc2)c([2H])c1[2H]. The molecule has 1 heterocycles. The lowest BCUT2D eigenvalue weighted by Crippen LogP contribution is -2.26. The molecule has 0 saturated heterocycles. The Morgan fingerprint density at radius 2 is 0.859 bits per heavy atom. The predicted octanol–water partition coefficient (Wildman–Crippen LogP) is 17.0. The van der Waals surface area contributed by atoms with E-state index in [2.05, 4.69) is 198 Å². The summed E-state index contributed by atoms with van der Waals surface area (Å²) in [5.74, 6) is 0. The number of rotatable bonds is 7. The van der Waals surface area contributed by atoms with Crippen LogP contribution in [0.3, 0.4) is 0 Å². The summed E-state index contributed by atoms with van der Waals surface area (Å²) in [5.41, 5.74) is 15.9. The third-order valence-corrected chi connectivity index (χ3v) is 14.3. The molecule has 1 atom stereocenters. The predicted molar refractivity (Wildman–Crippen MR) is 270 cm³/mol. The van der Waals surface area contributed by atoms with Crippen molar-refractivity contribution in [1.82, 2.24) is 0 Å². The van der Waals surface area contributed by atoms with E-state index in [0.29, 0.717) is 5.56 Å². The highest BCUT2D eigenvalue weighted by Gasteiger charge is 2.52. The van der Waals surface area contributed by atoms with Gasteiger partial charge in [0.25, 0.3) is 0 Å². The van der Waals surface area contributed by atoms with E-state index in [4.69, 9.17) is 6.85 Å². The number of hydrogen-bond donors (Lipinski definition) is 0. The quantitative estimate of drug-likeness (QED) is 0.158. The summed E-state index contributed by atoms with van der Waals surface area (Å²) in [4.78, 5) is 4.67. The molecule has 300 valence electrons. The van der Waals surface area contributed by atoms with Gasteiger partial charge in [-0.05, 0) is 128 Å². The summed E-state index contributed by atoms with van der Waals surface area (Å²) in [6.45, 7) is 0. The summed E-state index contributed by atoms with van der Waals surface area (Å²) in [6, 6.07) is 74.1. The van der Waals surface area contributed by atoms with Crippen molar-refractivity contribution in [1.29, 1.82) is 0 Å². The van der Waals surface area contributed by atoms with Gasteiger partial charge in [0.15, 0.2) is 0 Å². The molecule has 1 spiro atoms. The van der Waals surface area contributed by atoms with Crippen LogP contribution in [0, 0.1) is 0 Å². The van der Waals surface area contributed by atoms with Crippen molar-refractivity contribution >= 4 is 65.6 Å². The molecule has 2 nitrogen and oxygen atoms in total. The van der Waals surface area contributed by atoms with Gasteiger partial charge in [0.1, 0.15) is 0 Å². The summed E-state index contributed by atoms with van der Waals surface area (Å²) in [7, 11) is 0. The Morgan fingerprint density at radius 3 is 1.50 bits per heavy atom. The molecule has 2 aliphatic carbocycles. The van der Waals surface area contributed by atoms with Crippen LogP contribution < -0.4 is 9.80 Å². The fourth-order valence-electron chi connectivity index (χ4n) is 10.5. The lowest BCUT2D eigenvalue weighted by Gasteiger charge is -2.33. The van der Waals surface area contributed by atoms with Crippen LogP contribution in [-0.2, 0) is 5.41 Å². The largest absolute Gasteiger partial charge is 0.310 e. The van der Waals surface area contributed by atoms with E-state index in [1.54, 1.807) is 11.3 Å². The second kappa shape index (κ2) is 14.6. The monoisotopic (exact) mass is 837 g/mol. The van der Waals surface area contributed by atoms with Crippen molar-refractivity contribution in [3.8, 4) is 33.4 Å². The fraction of sp³-hybridized carbons (Fsp3) is 0.0164. The van der Waals surface area contributed by atoms with Gasteiger partial charge in [-0.3, -0.25) is 0 Å². The molecule has 0 radical (unpaired) electrons. The number of fused-ring (bicyclic) bond motifs is 13. The van der Waals surface area contributed by atoms with E-state index in [-0.39, 0.29) is 29.7 Å². The molecule has 2 aliphatic rings. The lowest BCUT2D eigenvalue weighted by atomic mass is 9.70. The lowest BCUT2D eigenvalue weighted by molar-refractivity contribution is 0.793. The topological polar surface area (TPSA) is 6.48 Å². The molecule has 0 bridgehead atoms. The minimum absolute atomic E-state index is 0.180. The maximum Gasteiger partial charge on any atom is 0.0727 e. The fourth-order valence-corrected chi connectivity index (χ4v) is 11.7. The van der Waals surface area contributed by atoms with Gasteiger partial charge in [-0.15, -0.1) is 11.3 Å². The molecule has 0 N–H and O–H groups in total. The highest BCUT2D eigenvalue weighted by atomic mass is 32.1. The Hall–Kier alpha value is -7.98. The summed E-state index contributed by atoms with van der Waals surface area (Å²) < 4.78 is 44.9. The normalized spacial score (nSPS) is 15.4. The number of benzene rings is 10. The molecular formula is C61H40N2S. The van der Waals surface area contributed by atoms with Crippen molar-refractivity contribution in [3.63, 3.8) is 0 Å². The number of hydrogen-bond acceptors (Lipinski definition) is 3. The zero-order valence-corrected chi connectivity index (χ0v) is 35.3. The van der Waals surface area contributed by atoms with Crippen LogP contribution in [0.1, 0.15) is 29.1 Å². The first-order chi connectivity index (χ1) is 33.8. The van der Waals surface area contributed by atoms with Crippen LogP contribution in [0.4, 0.5) is 34.1 Å². The van der Waals surface area contributed by atoms with E-state index < -0.39 is 11.5 Å².